The van der Waals surface area contributed by atoms with E-state index in [0.29, 0.717) is 74.5 Å². The number of hydrogen-bond acceptors (Lipinski definition) is 18. The highest BCUT2D eigenvalue weighted by molar-refractivity contribution is 8.04. The van der Waals surface area contributed by atoms with E-state index in [2.05, 4.69) is 215 Å². The van der Waals surface area contributed by atoms with Crippen LogP contribution in [0.15, 0.2) is 53.7 Å². The summed E-state index contributed by atoms with van der Waals surface area (Å²) < 4.78 is 22.9. The van der Waals surface area contributed by atoms with Gasteiger partial charge in [-0.1, -0.05) is 125 Å². The number of aromatic amines is 1. The van der Waals surface area contributed by atoms with E-state index in [1.807, 2.05) is 106 Å². The molecule has 1 saturated heterocycles. The Morgan fingerprint density at radius 3 is 1.29 bits per heavy atom. The lowest BCUT2D eigenvalue weighted by molar-refractivity contribution is 0.0695. The maximum Gasteiger partial charge on any atom is 0.335 e. The van der Waals surface area contributed by atoms with E-state index in [1.54, 1.807) is 31.7 Å². The van der Waals surface area contributed by atoms with Crippen molar-refractivity contribution in [1.29, 1.82) is 5.26 Å². The molecular weight excluding hydrogens is 1540 g/mol. The molecule has 0 aliphatic carbocycles. The molecule has 1 aliphatic heterocycles. The SMILES string of the molecule is C1CCOC1.CC(C)NC(=S)NN.CC(C)SC#N.CCO.CCO.CO.CSc1nnc(-c2cc(C(C)C)c(C)cc2C)n1C(C)C.Cc1cc(C)c(C(C)C)cc1-c1n[nH]c(=S)n1C(C)C.Cc1cc(C)c(C(C)C)cc1C(=O)NNC(=O)NC(C)C.Cc1cc(C)c(C(C)C)cc1C(=O)O.ClCCl.NN.O.[2H]C([3H])CC. The van der Waals surface area contributed by atoms with Crippen molar-refractivity contribution < 1.29 is 47.8 Å². The summed E-state index contributed by atoms with van der Waals surface area (Å²) in [7, 11) is 1.00. The number of carbonyl (C=O) groups is 3. The maximum absolute atomic E-state index is 12.2. The normalized spacial score (nSPS) is 11.0. The number of aliphatic hydroxyl groups excluding tert-OH is 3. The zero-order valence-electron chi connectivity index (χ0n) is 75.3. The number of nitrogens with zero attached hydrogens (tertiary/aromatic N) is 6. The van der Waals surface area contributed by atoms with Crippen LogP contribution in [0.4, 0.5) is 4.79 Å². The number of alkyl halides is 2. The van der Waals surface area contributed by atoms with Gasteiger partial charge in [0.1, 0.15) is 5.40 Å². The number of thiocyanates is 1. The van der Waals surface area contributed by atoms with Crippen LogP contribution in [-0.2, 0) is 4.74 Å². The van der Waals surface area contributed by atoms with Crippen LogP contribution in [0, 0.1) is 70.8 Å². The Kier molecular flexibility index (Phi) is 70.5. The Labute approximate surface area is 706 Å². The molecule has 7 rings (SSSR count). The van der Waals surface area contributed by atoms with E-state index in [9.17, 15) is 14.4 Å². The number of urea groups is 1. The van der Waals surface area contributed by atoms with Crippen molar-refractivity contribution in [1.82, 2.24) is 56.4 Å². The fourth-order valence-electron chi connectivity index (χ4n) is 10.4. The van der Waals surface area contributed by atoms with Gasteiger partial charge in [0.15, 0.2) is 26.7 Å². The van der Waals surface area contributed by atoms with Gasteiger partial charge in [0, 0.05) is 82.4 Å². The summed E-state index contributed by atoms with van der Waals surface area (Å²) in [5.74, 6) is 15.5. The molecule has 1 fully saturated rings. The first kappa shape index (κ1) is 114. The zero-order valence-corrected chi connectivity index (χ0v) is 78.1. The summed E-state index contributed by atoms with van der Waals surface area (Å²) in [4.78, 5) is 34.6. The minimum Gasteiger partial charge on any atom is -0.478 e. The number of amides is 3. The molecule has 112 heavy (non-hydrogen) atoms. The predicted molar refractivity (Wildman–Crippen MR) is 484 cm³/mol. The number of aliphatic hydroxyl groups is 3. The monoisotopic (exact) mass is 1690 g/mol. The van der Waals surface area contributed by atoms with Crippen molar-refractivity contribution in [2.75, 3.05) is 45.1 Å². The predicted octanol–water partition coefficient (Wildman–Crippen LogP) is 18.4. The number of thioether (sulfide) groups is 2. The van der Waals surface area contributed by atoms with Gasteiger partial charge >= 0.3 is 12.0 Å². The quantitative estimate of drug-likeness (QED) is 0.0120. The Balaban J connectivity index is -0.000000234. The molecule has 1 aliphatic rings. The second-order valence-electron chi connectivity index (χ2n) is 27.5. The third kappa shape index (κ3) is 49.5. The van der Waals surface area contributed by atoms with E-state index in [4.69, 9.17) is 74.4 Å². The van der Waals surface area contributed by atoms with Crippen molar-refractivity contribution in [3.8, 4) is 28.2 Å². The van der Waals surface area contributed by atoms with Gasteiger partial charge in [0.25, 0.3) is 5.91 Å². The summed E-state index contributed by atoms with van der Waals surface area (Å²) >= 11 is 22.5. The molecule has 0 saturated carbocycles. The van der Waals surface area contributed by atoms with E-state index < -0.39 is 18.9 Å². The first-order valence-electron chi connectivity index (χ1n) is 38.5. The lowest BCUT2D eigenvalue weighted by Gasteiger charge is -2.17. The molecule has 24 nitrogen and oxygen atoms in total. The molecule has 30 heteroatoms. The number of rotatable bonds is 14. The molecule has 18 N–H and O–H groups in total. The van der Waals surface area contributed by atoms with Crippen molar-refractivity contribution in [2.24, 2.45) is 17.5 Å². The van der Waals surface area contributed by atoms with Crippen LogP contribution in [0.1, 0.15) is 298 Å². The van der Waals surface area contributed by atoms with Crippen molar-refractivity contribution in [3.63, 3.8) is 0 Å². The number of carboxylic acids is 1. The highest BCUT2D eigenvalue weighted by Gasteiger charge is 2.21. The number of ether oxygens (including phenoxy) is 1. The molecule has 3 heterocycles. The summed E-state index contributed by atoms with van der Waals surface area (Å²) in [6.45, 7) is 61.0. The first-order chi connectivity index (χ1) is 52.8. The van der Waals surface area contributed by atoms with Crippen LogP contribution in [0.5, 0.6) is 0 Å². The summed E-state index contributed by atoms with van der Waals surface area (Å²) in [6.07, 6.45) is 5.24. The van der Waals surface area contributed by atoms with Crippen LogP contribution in [0.25, 0.3) is 22.8 Å². The Hall–Kier alpha value is -6.27. The van der Waals surface area contributed by atoms with Gasteiger partial charge in [0.2, 0.25) is 0 Å². The molecule has 1 atom stereocenters. The van der Waals surface area contributed by atoms with Gasteiger partial charge in [-0.05, 0) is 295 Å². The third-order valence-corrected chi connectivity index (χ3v) is 16.6. The fourth-order valence-corrected chi connectivity index (χ4v) is 11.8. The largest absolute Gasteiger partial charge is 0.478 e. The molecule has 6 aromatic rings. The summed E-state index contributed by atoms with van der Waals surface area (Å²) in [6, 6.07) is 17.3. The number of thiocarbonyl (C=S) groups is 1. The standard InChI is InChI=1S/C17H25N3S.C16H25N3O2.C16H23N3S.C12H16O2.C4H11N3S.C4H7NS.C4H8O.C3H8.2C2H6O.CH2Cl2.CH4O.H4N2.H2O/c1-10(2)14-9-15(13(6)8-12(14)5)16-18-19-17(21-7)20(16)11(3)4;1-9(2)13-8-14(12(6)7-11(13)5)15(20)18-19-16(21)17-10(3)4;1-9(2)13-8-14(12(6)7-11(13)5)15-17-18-16(20)19(15)10(3)4;1-7(2)10-6-11(12(13)14)9(4)5-8(10)3;1-3(2)6-4(8)7-5;1-4(2)6-3-5;1-2-4-5-3-1;1-3-2;2*1-2-3;2-1-3;2*1-2;/h8-11H,1-7H3;7-10H,1-6H3,(H,18,20)(H2,17,19,21);7-10H,1-6H3,(H,18,20);5-7H,1-4H3,(H,13,14);3H,5H2,1-2H3,(H2,6,7,8);4H,1-2H3;1-4H2;3H2,1-2H3;2*3H,2H2,1H3;1H2;2H,1H3;1-2H2;1H2/i;;;;;;;1TD;;;;;;. The number of carbonyl (C=O) groups excluding carboxylic acids is 2. The first-order valence-corrected chi connectivity index (χ1v) is 41.4. The average Bonchev–Trinajstić information content (AvgIpc) is 1.71. The smallest absolute Gasteiger partial charge is 0.335 e. The minimum atomic E-state index is -0.843. The Bertz CT molecular complexity index is 3690. The van der Waals surface area contributed by atoms with Gasteiger partial charge < -0.3 is 46.7 Å². The van der Waals surface area contributed by atoms with Gasteiger partial charge in [-0.3, -0.25) is 36.1 Å². The number of hydrogen-bond donors (Lipinski definition) is 13. The number of aryl methyl sites for hydroxylation is 8. The molecule has 4 aromatic carbocycles. The van der Waals surface area contributed by atoms with Gasteiger partial charge in [-0.15, -0.1) is 33.4 Å². The van der Waals surface area contributed by atoms with Crippen molar-refractivity contribution in [2.45, 2.75) is 285 Å². The molecule has 1 unspecified atom stereocenters. The van der Waals surface area contributed by atoms with Gasteiger partial charge in [-0.25, -0.2) is 20.9 Å². The van der Waals surface area contributed by atoms with Crippen LogP contribution < -0.4 is 44.4 Å². The number of H-pyrrole nitrogens is 1. The summed E-state index contributed by atoms with van der Waals surface area (Å²) in [5.41, 5.74) is 24.7. The second-order valence-corrected chi connectivity index (χ2v) is 31.2. The van der Waals surface area contributed by atoms with E-state index in [0.717, 1.165) is 59.4 Å². The molecule has 3 amide bonds. The molecule has 0 bridgehead atoms. The lowest BCUT2D eigenvalue weighted by atomic mass is 9.92. The molecular formula is C82H147Cl2N15O9S4. The molecule has 2 aromatic heterocycles. The van der Waals surface area contributed by atoms with Crippen LogP contribution in [-0.4, -0.2) is 141 Å². The number of nitrogens with one attached hydrogen (secondary N) is 6. The lowest BCUT2D eigenvalue weighted by Crippen LogP contribution is -2.48. The van der Waals surface area contributed by atoms with Crippen molar-refractivity contribution >= 4 is 94.2 Å². The number of aromatic carboxylic acids is 1. The number of carboxylic acid groups (broad SMARTS) is 1. The van der Waals surface area contributed by atoms with Crippen molar-refractivity contribution in [3.05, 3.63) is 131 Å². The Morgan fingerprint density at radius 2 is 1.00 bits per heavy atom. The number of nitriles is 1. The minimum absolute atomic E-state index is 0. The average molecular weight is 1690 g/mol. The number of halogens is 2. The molecule has 0 spiro atoms. The Morgan fingerprint density at radius 1 is 0.643 bits per heavy atom. The molecule has 0 radical (unpaired) electrons. The highest BCUT2D eigenvalue weighted by atomic mass is 35.5. The van der Waals surface area contributed by atoms with Gasteiger partial charge in [-0.2, -0.15) is 10.4 Å². The van der Waals surface area contributed by atoms with Gasteiger partial charge in [0.05, 0.1) is 10.9 Å². The van der Waals surface area contributed by atoms with E-state index in [1.165, 1.54) is 80.2 Å². The van der Waals surface area contributed by atoms with Crippen LogP contribution in [0.2, 0.25) is 0 Å². The second kappa shape index (κ2) is 69.1. The topological polar surface area (TPSA) is 399 Å². The summed E-state index contributed by atoms with van der Waals surface area (Å²) in [5, 5.41) is 64.8. The van der Waals surface area contributed by atoms with Crippen LogP contribution >= 0.6 is 71.2 Å². The highest BCUT2D eigenvalue weighted by Crippen LogP contribution is 2.34. The van der Waals surface area contributed by atoms with E-state index in [-0.39, 0.29) is 36.0 Å². The number of benzene rings is 4. The number of nitrogens with two attached hydrogens (primary N) is 3. The molecule has 642 valence electrons. The fraction of sp³-hybridized carbons (Fsp3) is 0.598. The zero-order chi connectivity index (χ0) is 89.3. The third-order valence-electron chi connectivity index (χ3n) is 14.9. The van der Waals surface area contributed by atoms with Crippen LogP contribution in [0.3, 0.4) is 0 Å². The maximum atomic E-state index is 12.2. The van der Waals surface area contributed by atoms with E-state index >= 15 is 0 Å². The number of hydrazine groups is 3. The number of aromatic nitrogens is 6.